The summed E-state index contributed by atoms with van der Waals surface area (Å²) in [7, 11) is 1.68. The van der Waals surface area contributed by atoms with Crippen molar-refractivity contribution in [2.24, 2.45) is 0 Å². The number of rotatable bonds is 4. The normalized spacial score (nSPS) is 11.2. The quantitative estimate of drug-likeness (QED) is 0.891. The highest BCUT2D eigenvalue weighted by Crippen LogP contribution is 2.25. The van der Waals surface area contributed by atoms with Crippen LogP contribution in [0.1, 0.15) is 26.3 Å². The van der Waals surface area contributed by atoms with Gasteiger partial charge in [-0.05, 0) is 44.5 Å². The van der Waals surface area contributed by atoms with Crippen LogP contribution >= 0.6 is 11.6 Å². The summed E-state index contributed by atoms with van der Waals surface area (Å²) in [5.74, 6) is 0.577. The van der Waals surface area contributed by atoms with Crippen molar-refractivity contribution in [3.05, 3.63) is 35.0 Å². The maximum absolute atomic E-state index is 12.1. The van der Waals surface area contributed by atoms with Crippen LogP contribution in [-0.4, -0.2) is 39.1 Å². The molecule has 1 aromatic heterocycles. The minimum absolute atomic E-state index is 0.343. The Balaban J connectivity index is 2.14. The van der Waals surface area contributed by atoms with E-state index in [9.17, 15) is 4.79 Å². The Labute approximate surface area is 140 Å². The van der Waals surface area contributed by atoms with Crippen LogP contribution in [-0.2, 0) is 11.3 Å². The number of hydrogen-bond acceptors (Lipinski definition) is 5. The number of H-pyrrole nitrogens is 1. The number of carbonyl (C=O) groups excluding carboxylic acids is 1. The Morgan fingerprint density at radius 1 is 1.43 bits per heavy atom. The summed E-state index contributed by atoms with van der Waals surface area (Å²) in [5, 5.41) is 13.9. The molecule has 0 fully saturated rings. The van der Waals surface area contributed by atoms with E-state index in [4.69, 9.17) is 16.3 Å². The Morgan fingerprint density at radius 2 is 2.17 bits per heavy atom. The molecule has 0 aliphatic carbocycles. The van der Waals surface area contributed by atoms with Gasteiger partial charge in [0.15, 0.2) is 5.82 Å². The highest BCUT2D eigenvalue weighted by molar-refractivity contribution is 6.30. The van der Waals surface area contributed by atoms with Gasteiger partial charge in [0.1, 0.15) is 5.60 Å². The van der Waals surface area contributed by atoms with Gasteiger partial charge in [-0.15, -0.1) is 5.10 Å². The van der Waals surface area contributed by atoms with Crippen LogP contribution in [0.3, 0.4) is 0 Å². The number of aromatic amines is 1. The third kappa shape index (κ3) is 5.14. The largest absolute Gasteiger partial charge is 0.444 e. The van der Waals surface area contributed by atoms with E-state index >= 15 is 0 Å². The summed E-state index contributed by atoms with van der Waals surface area (Å²) in [5.41, 5.74) is 1.09. The first-order valence-corrected chi connectivity index (χ1v) is 7.48. The fourth-order valence-corrected chi connectivity index (χ4v) is 2.07. The molecule has 0 aliphatic heterocycles. The van der Waals surface area contributed by atoms with Crippen LogP contribution in [0, 0.1) is 0 Å². The summed E-state index contributed by atoms with van der Waals surface area (Å²) in [6.45, 7) is 5.83. The van der Waals surface area contributed by atoms with Crippen LogP contribution in [0.5, 0.6) is 0 Å². The van der Waals surface area contributed by atoms with Crippen LogP contribution in [0.4, 0.5) is 16.3 Å². The standard InChI is InChI=1S/C15H20ClN5O2/c1-15(2,3)23-14(22)21(4)9-10-7-11(16)5-6-12(10)18-13-8-17-20-19-13/h5-8H,9H2,1-4H3,(H2,17,18,19,20). The van der Waals surface area contributed by atoms with Gasteiger partial charge in [0, 0.05) is 17.8 Å². The lowest BCUT2D eigenvalue weighted by Crippen LogP contribution is -2.33. The number of ether oxygens (including phenoxy) is 1. The lowest BCUT2D eigenvalue weighted by molar-refractivity contribution is 0.0285. The molecule has 23 heavy (non-hydrogen) atoms. The molecule has 0 aliphatic rings. The molecule has 2 rings (SSSR count). The topological polar surface area (TPSA) is 83.1 Å². The van der Waals surface area contributed by atoms with Gasteiger partial charge in [0.2, 0.25) is 0 Å². The highest BCUT2D eigenvalue weighted by Gasteiger charge is 2.20. The van der Waals surface area contributed by atoms with Gasteiger partial charge in [0.25, 0.3) is 0 Å². The van der Waals surface area contributed by atoms with Crippen molar-refractivity contribution < 1.29 is 9.53 Å². The molecule has 0 unspecified atom stereocenters. The Bertz CT molecular complexity index is 667. The molecule has 1 aromatic carbocycles. The van der Waals surface area contributed by atoms with E-state index in [0.717, 1.165) is 11.3 Å². The van der Waals surface area contributed by atoms with Gasteiger partial charge in [-0.2, -0.15) is 0 Å². The van der Waals surface area contributed by atoms with Crippen LogP contribution in [0.2, 0.25) is 5.02 Å². The van der Waals surface area contributed by atoms with Crippen LogP contribution in [0.25, 0.3) is 0 Å². The Morgan fingerprint density at radius 3 is 2.78 bits per heavy atom. The molecule has 2 aromatic rings. The minimum atomic E-state index is -0.540. The fraction of sp³-hybridized carbons (Fsp3) is 0.400. The van der Waals surface area contributed by atoms with Gasteiger partial charge in [-0.1, -0.05) is 16.8 Å². The number of nitrogens with zero attached hydrogens (tertiary/aromatic N) is 3. The fourth-order valence-electron chi connectivity index (χ4n) is 1.88. The van der Waals surface area contributed by atoms with Gasteiger partial charge >= 0.3 is 6.09 Å². The zero-order valence-electron chi connectivity index (χ0n) is 13.6. The maximum atomic E-state index is 12.1. The van der Waals surface area contributed by atoms with Crippen molar-refractivity contribution in [1.29, 1.82) is 0 Å². The van der Waals surface area contributed by atoms with E-state index in [2.05, 4.69) is 20.7 Å². The number of nitrogens with one attached hydrogen (secondary N) is 2. The molecule has 2 N–H and O–H groups in total. The number of carbonyl (C=O) groups is 1. The van der Waals surface area contributed by atoms with E-state index < -0.39 is 11.7 Å². The van der Waals surface area contributed by atoms with Crippen LogP contribution in [0.15, 0.2) is 24.4 Å². The predicted octanol–water partition coefficient (Wildman–Crippen LogP) is 3.57. The smallest absolute Gasteiger partial charge is 0.410 e. The maximum Gasteiger partial charge on any atom is 0.410 e. The molecule has 1 amide bonds. The Hall–Kier alpha value is -2.28. The molecular weight excluding hydrogens is 318 g/mol. The number of aromatic nitrogens is 3. The van der Waals surface area contributed by atoms with E-state index in [1.165, 1.54) is 4.90 Å². The van der Waals surface area contributed by atoms with Gasteiger partial charge in [-0.3, -0.25) is 5.10 Å². The molecule has 1 heterocycles. The second-order valence-electron chi connectivity index (χ2n) is 6.12. The molecule has 7 nitrogen and oxygen atoms in total. The minimum Gasteiger partial charge on any atom is -0.444 e. The first kappa shape index (κ1) is 17.1. The molecule has 0 saturated carbocycles. The lowest BCUT2D eigenvalue weighted by Gasteiger charge is -2.25. The Kier molecular flexibility index (Phi) is 5.10. The second-order valence-corrected chi connectivity index (χ2v) is 6.56. The number of halogens is 1. The SMILES string of the molecule is CN(Cc1cc(Cl)ccc1Nc1c[nH]nn1)C(=O)OC(C)(C)C. The molecule has 0 atom stereocenters. The molecular formula is C15H20ClN5O2. The average molecular weight is 338 g/mol. The van der Waals surface area contributed by atoms with Crippen molar-refractivity contribution in [3.63, 3.8) is 0 Å². The molecule has 0 bridgehead atoms. The zero-order chi connectivity index (χ0) is 17.0. The summed E-state index contributed by atoms with van der Waals surface area (Å²) < 4.78 is 5.35. The van der Waals surface area contributed by atoms with Crippen molar-refractivity contribution in [1.82, 2.24) is 20.3 Å². The van der Waals surface area contributed by atoms with E-state index in [0.29, 0.717) is 17.4 Å². The number of hydrogen-bond donors (Lipinski definition) is 2. The van der Waals surface area contributed by atoms with Crippen LogP contribution < -0.4 is 5.32 Å². The van der Waals surface area contributed by atoms with Gasteiger partial charge in [0.05, 0.1) is 12.7 Å². The summed E-state index contributed by atoms with van der Waals surface area (Å²) in [4.78, 5) is 13.6. The number of amides is 1. The van der Waals surface area contributed by atoms with Crippen molar-refractivity contribution in [2.75, 3.05) is 12.4 Å². The highest BCUT2D eigenvalue weighted by atomic mass is 35.5. The van der Waals surface area contributed by atoms with Gasteiger partial charge < -0.3 is 15.0 Å². The number of anilines is 2. The lowest BCUT2D eigenvalue weighted by atomic mass is 10.1. The van der Waals surface area contributed by atoms with E-state index in [1.54, 1.807) is 25.4 Å². The van der Waals surface area contributed by atoms with Crippen molar-refractivity contribution >= 4 is 29.2 Å². The van der Waals surface area contributed by atoms with E-state index in [1.807, 2.05) is 26.8 Å². The third-order valence-electron chi connectivity index (χ3n) is 2.86. The molecule has 0 saturated heterocycles. The first-order chi connectivity index (χ1) is 10.7. The summed E-state index contributed by atoms with van der Waals surface area (Å²) >= 11 is 6.07. The zero-order valence-corrected chi connectivity index (χ0v) is 14.3. The predicted molar refractivity (Wildman–Crippen MR) is 88.8 cm³/mol. The van der Waals surface area contributed by atoms with Crippen molar-refractivity contribution in [3.8, 4) is 0 Å². The summed E-state index contributed by atoms with van der Waals surface area (Å²) in [6.07, 6.45) is 1.24. The molecule has 0 spiro atoms. The van der Waals surface area contributed by atoms with Gasteiger partial charge in [-0.25, -0.2) is 4.79 Å². The summed E-state index contributed by atoms with van der Waals surface area (Å²) in [6, 6.07) is 5.39. The molecule has 124 valence electrons. The molecule has 8 heteroatoms. The van der Waals surface area contributed by atoms with Crippen molar-refractivity contribution in [2.45, 2.75) is 32.9 Å². The van der Waals surface area contributed by atoms with E-state index in [-0.39, 0.29) is 0 Å². The second kappa shape index (κ2) is 6.87. The molecule has 0 radical (unpaired) electrons. The average Bonchev–Trinajstić information content (AvgIpc) is 2.93. The first-order valence-electron chi connectivity index (χ1n) is 7.10. The third-order valence-corrected chi connectivity index (χ3v) is 3.09. The monoisotopic (exact) mass is 337 g/mol. The number of benzene rings is 1.